The van der Waals surface area contributed by atoms with Crippen molar-refractivity contribution in [2.24, 2.45) is 0 Å². The molecule has 0 aliphatic carbocycles. The molecule has 0 unspecified atom stereocenters. The molecule has 3 rings (SSSR count). The Balaban J connectivity index is 1.98. The predicted octanol–water partition coefficient (Wildman–Crippen LogP) is 2.47. The fourth-order valence-corrected chi connectivity index (χ4v) is 3.78. The molecule has 0 spiro atoms. The molecule has 98 valence electrons. The predicted molar refractivity (Wildman–Crippen MR) is 74.0 cm³/mol. The highest BCUT2D eigenvalue weighted by Crippen LogP contribution is 2.29. The number of aromatic amines is 1. The molecule has 9 heteroatoms. The monoisotopic (exact) mass is 314 g/mol. The zero-order valence-electron chi connectivity index (χ0n) is 9.29. The number of nitrogens with one attached hydrogen (secondary N) is 2. The fraction of sp³-hybridized carbons (Fsp3) is 0. The second kappa shape index (κ2) is 4.48. The fourth-order valence-electron chi connectivity index (χ4n) is 1.50. The smallest absolute Gasteiger partial charge is 0.266 e. The maximum atomic E-state index is 12.0. The summed E-state index contributed by atoms with van der Waals surface area (Å²) in [5, 5.41) is 6.93. The van der Waals surface area contributed by atoms with Crippen LogP contribution in [0.2, 0.25) is 5.02 Å². The van der Waals surface area contributed by atoms with E-state index in [1.165, 1.54) is 23.7 Å². The van der Waals surface area contributed by atoms with E-state index in [0.29, 0.717) is 15.7 Å². The maximum absolute atomic E-state index is 12.0. The van der Waals surface area contributed by atoms with Gasteiger partial charge in [0.25, 0.3) is 10.0 Å². The summed E-state index contributed by atoms with van der Waals surface area (Å²) in [7, 11) is -3.66. The van der Waals surface area contributed by atoms with Crippen molar-refractivity contribution in [3.63, 3.8) is 0 Å². The number of H-pyrrole nitrogens is 1. The SMILES string of the molecule is O=S(=O)(Nc1nc2ccc(Cl)cc2s1)c1cn[nH]c1. The van der Waals surface area contributed by atoms with E-state index in [-0.39, 0.29) is 4.90 Å². The van der Waals surface area contributed by atoms with Gasteiger partial charge >= 0.3 is 0 Å². The van der Waals surface area contributed by atoms with Gasteiger partial charge in [0.15, 0.2) is 5.13 Å². The molecule has 3 aromatic rings. The van der Waals surface area contributed by atoms with Crippen molar-refractivity contribution in [3.05, 3.63) is 35.6 Å². The summed E-state index contributed by atoms with van der Waals surface area (Å²) in [6, 6.07) is 5.19. The summed E-state index contributed by atoms with van der Waals surface area (Å²) >= 11 is 7.09. The molecule has 1 aromatic carbocycles. The Morgan fingerprint density at radius 3 is 2.95 bits per heavy atom. The first-order chi connectivity index (χ1) is 9.04. The standard InChI is InChI=1S/C10H7ClN4O2S2/c11-6-1-2-8-9(3-6)18-10(14-8)15-19(16,17)7-4-12-13-5-7/h1-5H,(H,12,13)(H,14,15). The van der Waals surface area contributed by atoms with Crippen molar-refractivity contribution in [1.29, 1.82) is 0 Å². The number of thiazole rings is 1. The molecule has 0 amide bonds. The van der Waals surface area contributed by atoms with Gasteiger partial charge in [0.1, 0.15) is 4.90 Å². The van der Waals surface area contributed by atoms with Gasteiger partial charge in [-0.1, -0.05) is 22.9 Å². The molecule has 0 atom stereocenters. The van der Waals surface area contributed by atoms with Crippen LogP contribution in [0.5, 0.6) is 0 Å². The average Bonchev–Trinajstić information content (AvgIpc) is 2.95. The Morgan fingerprint density at radius 2 is 2.21 bits per heavy atom. The molecule has 0 aliphatic rings. The van der Waals surface area contributed by atoms with Gasteiger partial charge in [-0.2, -0.15) is 5.10 Å². The van der Waals surface area contributed by atoms with Crippen LogP contribution in [0.25, 0.3) is 10.2 Å². The van der Waals surface area contributed by atoms with Crippen molar-refractivity contribution in [2.45, 2.75) is 4.90 Å². The number of rotatable bonds is 3. The van der Waals surface area contributed by atoms with Gasteiger partial charge in [-0.05, 0) is 18.2 Å². The van der Waals surface area contributed by atoms with Crippen LogP contribution in [-0.2, 0) is 10.0 Å². The van der Waals surface area contributed by atoms with Crippen LogP contribution in [0.3, 0.4) is 0 Å². The molecule has 2 aromatic heterocycles. The number of hydrogen-bond donors (Lipinski definition) is 2. The third kappa shape index (κ3) is 2.42. The van der Waals surface area contributed by atoms with Crippen LogP contribution in [0.4, 0.5) is 5.13 Å². The van der Waals surface area contributed by atoms with Gasteiger partial charge in [0.2, 0.25) is 0 Å². The number of hydrogen-bond acceptors (Lipinski definition) is 5. The first-order valence-electron chi connectivity index (χ1n) is 5.12. The van der Waals surface area contributed by atoms with Gasteiger partial charge < -0.3 is 0 Å². The summed E-state index contributed by atoms with van der Waals surface area (Å²) in [5.41, 5.74) is 0.694. The number of nitrogens with zero attached hydrogens (tertiary/aromatic N) is 2. The van der Waals surface area contributed by atoms with E-state index >= 15 is 0 Å². The van der Waals surface area contributed by atoms with E-state index in [2.05, 4.69) is 19.9 Å². The molecule has 0 fully saturated rings. The molecule has 0 saturated heterocycles. The van der Waals surface area contributed by atoms with E-state index in [1.54, 1.807) is 18.2 Å². The maximum Gasteiger partial charge on any atom is 0.266 e. The lowest BCUT2D eigenvalue weighted by Crippen LogP contribution is -2.11. The Bertz CT molecular complexity index is 826. The average molecular weight is 315 g/mol. The van der Waals surface area contributed by atoms with Crippen LogP contribution in [0.1, 0.15) is 0 Å². The van der Waals surface area contributed by atoms with Crippen LogP contribution < -0.4 is 4.72 Å². The molecule has 19 heavy (non-hydrogen) atoms. The molecule has 6 nitrogen and oxygen atoms in total. The first kappa shape index (κ1) is 12.4. The molecular weight excluding hydrogens is 308 g/mol. The molecule has 0 saturated carbocycles. The summed E-state index contributed by atoms with van der Waals surface area (Å²) in [6.07, 6.45) is 2.53. The number of fused-ring (bicyclic) bond motifs is 1. The largest absolute Gasteiger partial charge is 0.284 e. The molecule has 2 heterocycles. The lowest BCUT2D eigenvalue weighted by atomic mass is 10.3. The minimum Gasteiger partial charge on any atom is -0.284 e. The topological polar surface area (TPSA) is 87.7 Å². The second-order valence-electron chi connectivity index (χ2n) is 3.67. The van der Waals surface area contributed by atoms with Crippen molar-refractivity contribution in [2.75, 3.05) is 4.72 Å². The number of halogens is 1. The molecule has 0 aliphatic heterocycles. The van der Waals surface area contributed by atoms with E-state index in [1.807, 2.05) is 0 Å². The molecule has 0 bridgehead atoms. The van der Waals surface area contributed by atoms with Crippen LogP contribution in [0, 0.1) is 0 Å². The highest BCUT2D eigenvalue weighted by molar-refractivity contribution is 7.93. The molecular formula is C10H7ClN4O2S2. The minimum atomic E-state index is -3.66. The highest BCUT2D eigenvalue weighted by Gasteiger charge is 2.17. The number of sulfonamides is 1. The molecule has 0 radical (unpaired) electrons. The summed E-state index contributed by atoms with van der Waals surface area (Å²) < 4.78 is 27.2. The third-order valence-corrected chi connectivity index (χ3v) is 4.96. The Hall–Kier alpha value is -1.64. The lowest BCUT2D eigenvalue weighted by molar-refractivity contribution is 0.601. The first-order valence-corrected chi connectivity index (χ1v) is 7.80. The normalized spacial score (nSPS) is 11.8. The van der Waals surface area contributed by atoms with Gasteiger partial charge in [-0.25, -0.2) is 13.4 Å². The Labute approximate surface area is 117 Å². The van der Waals surface area contributed by atoms with Crippen molar-refractivity contribution in [3.8, 4) is 0 Å². The summed E-state index contributed by atoms with van der Waals surface area (Å²) in [4.78, 5) is 4.25. The van der Waals surface area contributed by atoms with Crippen molar-refractivity contribution < 1.29 is 8.42 Å². The van der Waals surface area contributed by atoms with E-state index in [4.69, 9.17) is 11.6 Å². The summed E-state index contributed by atoms with van der Waals surface area (Å²) in [5.74, 6) is 0. The van der Waals surface area contributed by atoms with Crippen LogP contribution in [-0.4, -0.2) is 23.6 Å². The zero-order valence-corrected chi connectivity index (χ0v) is 11.7. The molecule has 2 N–H and O–H groups in total. The van der Waals surface area contributed by atoms with Gasteiger partial charge in [0, 0.05) is 11.2 Å². The van der Waals surface area contributed by atoms with Crippen molar-refractivity contribution >= 4 is 48.3 Å². The number of anilines is 1. The lowest BCUT2D eigenvalue weighted by Gasteiger charge is -2.00. The quantitative estimate of drug-likeness (QED) is 0.777. The van der Waals surface area contributed by atoms with Gasteiger partial charge in [-0.15, -0.1) is 0 Å². The summed E-state index contributed by atoms with van der Waals surface area (Å²) in [6.45, 7) is 0. The van der Waals surface area contributed by atoms with Gasteiger partial charge in [0.05, 0.1) is 16.4 Å². The zero-order chi connectivity index (χ0) is 13.5. The van der Waals surface area contributed by atoms with Gasteiger partial charge in [-0.3, -0.25) is 9.82 Å². The third-order valence-electron chi connectivity index (χ3n) is 2.36. The second-order valence-corrected chi connectivity index (χ2v) is 6.82. The van der Waals surface area contributed by atoms with E-state index in [0.717, 1.165) is 4.70 Å². The van der Waals surface area contributed by atoms with E-state index < -0.39 is 10.0 Å². The van der Waals surface area contributed by atoms with Crippen molar-refractivity contribution in [1.82, 2.24) is 15.2 Å². The number of aromatic nitrogens is 3. The number of benzene rings is 1. The Morgan fingerprint density at radius 1 is 1.37 bits per heavy atom. The Kier molecular flexibility index (Phi) is 2.92. The van der Waals surface area contributed by atoms with Crippen LogP contribution >= 0.6 is 22.9 Å². The van der Waals surface area contributed by atoms with Crippen LogP contribution in [0.15, 0.2) is 35.5 Å². The minimum absolute atomic E-state index is 0.0600. The van der Waals surface area contributed by atoms with E-state index in [9.17, 15) is 8.42 Å². The highest BCUT2D eigenvalue weighted by atomic mass is 35.5.